The van der Waals surface area contributed by atoms with Crippen molar-refractivity contribution in [1.29, 1.82) is 0 Å². The lowest BCUT2D eigenvalue weighted by molar-refractivity contribution is -0.189. The second-order valence-electron chi connectivity index (χ2n) is 7.05. The van der Waals surface area contributed by atoms with Gasteiger partial charge in [0.05, 0.1) is 23.6 Å². The molecule has 1 aliphatic rings. The van der Waals surface area contributed by atoms with Crippen molar-refractivity contribution in [2.24, 2.45) is 0 Å². The van der Waals surface area contributed by atoms with Crippen LogP contribution >= 0.6 is 23.2 Å². The standard InChI is InChI=1S/C20H19Cl2N3O5S/c1-13-3-6-19(31(26,27)28-2)15(7-13)18-9-29-20(30-18,10-25-12-23-11-24-25)16-5-4-14(21)8-17(16)22/h3-8,11-12,18H,9-10H2,1-2H3/t18-,20+/m0/s1. The molecule has 0 radical (unpaired) electrons. The average molecular weight is 484 g/mol. The number of aromatic nitrogens is 3. The number of aryl methyl sites for hydroxylation is 1. The number of hydrogen-bond acceptors (Lipinski definition) is 7. The summed E-state index contributed by atoms with van der Waals surface area (Å²) < 4.78 is 43.8. The highest BCUT2D eigenvalue weighted by atomic mass is 35.5. The second kappa shape index (κ2) is 8.50. The van der Waals surface area contributed by atoms with E-state index in [1.807, 2.05) is 6.92 Å². The van der Waals surface area contributed by atoms with E-state index in [1.165, 1.54) is 18.7 Å². The molecule has 8 nitrogen and oxygen atoms in total. The molecule has 1 saturated heterocycles. The van der Waals surface area contributed by atoms with Crippen molar-refractivity contribution in [3.05, 3.63) is 75.8 Å². The van der Waals surface area contributed by atoms with Crippen molar-refractivity contribution in [3.8, 4) is 0 Å². The molecule has 31 heavy (non-hydrogen) atoms. The van der Waals surface area contributed by atoms with Crippen molar-refractivity contribution in [3.63, 3.8) is 0 Å². The molecule has 0 amide bonds. The van der Waals surface area contributed by atoms with Gasteiger partial charge >= 0.3 is 0 Å². The maximum absolute atomic E-state index is 12.5. The molecule has 11 heteroatoms. The summed E-state index contributed by atoms with van der Waals surface area (Å²) in [6.45, 7) is 2.09. The van der Waals surface area contributed by atoms with Crippen molar-refractivity contribution in [1.82, 2.24) is 14.8 Å². The molecule has 1 aromatic heterocycles. The zero-order valence-corrected chi connectivity index (χ0v) is 19.0. The van der Waals surface area contributed by atoms with E-state index in [4.69, 9.17) is 36.9 Å². The molecule has 0 saturated carbocycles. The zero-order chi connectivity index (χ0) is 22.2. The van der Waals surface area contributed by atoms with Crippen LogP contribution in [0, 0.1) is 6.92 Å². The Bertz CT molecular complexity index is 1200. The van der Waals surface area contributed by atoms with Crippen LogP contribution in [0.25, 0.3) is 0 Å². The molecule has 0 unspecified atom stereocenters. The molecular formula is C20H19Cl2N3O5S. The van der Waals surface area contributed by atoms with Crippen LogP contribution in [0.4, 0.5) is 0 Å². The summed E-state index contributed by atoms with van der Waals surface area (Å²) in [7, 11) is -2.84. The molecule has 1 aliphatic heterocycles. The van der Waals surface area contributed by atoms with Gasteiger partial charge in [0.1, 0.15) is 25.3 Å². The lowest BCUT2D eigenvalue weighted by Gasteiger charge is -2.29. The summed E-state index contributed by atoms with van der Waals surface area (Å²) in [5.74, 6) is -1.34. The van der Waals surface area contributed by atoms with Crippen molar-refractivity contribution >= 4 is 33.3 Å². The molecular weight excluding hydrogens is 465 g/mol. The van der Waals surface area contributed by atoms with Gasteiger partial charge in [0.2, 0.25) is 5.79 Å². The van der Waals surface area contributed by atoms with Crippen LogP contribution < -0.4 is 0 Å². The Balaban J connectivity index is 1.79. The van der Waals surface area contributed by atoms with Crippen LogP contribution in [0.3, 0.4) is 0 Å². The van der Waals surface area contributed by atoms with E-state index in [2.05, 4.69) is 10.1 Å². The number of benzene rings is 2. The molecule has 4 rings (SSSR count). The van der Waals surface area contributed by atoms with Crippen LogP contribution in [0.15, 0.2) is 53.9 Å². The van der Waals surface area contributed by atoms with E-state index < -0.39 is 22.0 Å². The largest absolute Gasteiger partial charge is 0.341 e. The molecule has 2 aromatic carbocycles. The van der Waals surface area contributed by atoms with E-state index in [0.717, 1.165) is 12.7 Å². The molecule has 2 atom stereocenters. The quantitative estimate of drug-likeness (QED) is 0.491. The predicted octanol–water partition coefficient (Wildman–Crippen LogP) is 3.87. The van der Waals surface area contributed by atoms with E-state index >= 15 is 0 Å². The maximum atomic E-state index is 12.5. The van der Waals surface area contributed by atoms with Gasteiger partial charge in [-0.25, -0.2) is 9.67 Å². The summed E-state index contributed by atoms with van der Waals surface area (Å²) in [4.78, 5) is 3.98. The van der Waals surface area contributed by atoms with Crippen molar-refractivity contribution in [2.45, 2.75) is 30.3 Å². The molecule has 0 spiro atoms. The second-order valence-corrected chi connectivity index (χ2v) is 9.57. The number of hydrogen-bond donors (Lipinski definition) is 0. The molecule has 1 fully saturated rings. The SMILES string of the molecule is COS(=O)(=O)c1ccc(C)cc1[C@@H]1CO[C@@](Cn2cncn2)(c2ccc(Cl)cc2Cl)O1. The highest BCUT2D eigenvalue weighted by molar-refractivity contribution is 7.86. The fourth-order valence-corrected chi connectivity index (χ4v) is 4.98. The highest BCUT2D eigenvalue weighted by Crippen LogP contribution is 2.45. The zero-order valence-electron chi connectivity index (χ0n) is 16.7. The minimum atomic E-state index is -3.96. The minimum absolute atomic E-state index is 0.0213. The topological polar surface area (TPSA) is 92.5 Å². The van der Waals surface area contributed by atoms with Gasteiger partial charge in [0.15, 0.2) is 0 Å². The van der Waals surface area contributed by atoms with Crippen LogP contribution in [0.2, 0.25) is 10.0 Å². The van der Waals surface area contributed by atoms with Gasteiger partial charge < -0.3 is 9.47 Å². The molecule has 164 valence electrons. The van der Waals surface area contributed by atoms with E-state index in [1.54, 1.807) is 35.0 Å². The molecule has 2 heterocycles. The van der Waals surface area contributed by atoms with Gasteiger partial charge in [0, 0.05) is 16.1 Å². The summed E-state index contributed by atoms with van der Waals surface area (Å²) in [5, 5.41) is 4.95. The number of rotatable bonds is 6. The predicted molar refractivity (Wildman–Crippen MR) is 113 cm³/mol. The fraction of sp³-hybridized carbons (Fsp3) is 0.300. The Morgan fingerprint density at radius 1 is 1.26 bits per heavy atom. The Labute approximate surface area is 189 Å². The van der Waals surface area contributed by atoms with E-state index in [-0.39, 0.29) is 18.0 Å². The van der Waals surface area contributed by atoms with Gasteiger partial charge in [-0.15, -0.1) is 0 Å². The van der Waals surface area contributed by atoms with Gasteiger partial charge in [-0.3, -0.25) is 4.18 Å². The normalized spacial score (nSPS) is 21.5. The van der Waals surface area contributed by atoms with Gasteiger partial charge in [-0.05, 0) is 25.1 Å². The first-order valence-electron chi connectivity index (χ1n) is 9.25. The van der Waals surface area contributed by atoms with Crippen LogP contribution in [0.5, 0.6) is 0 Å². The lowest BCUT2D eigenvalue weighted by Crippen LogP contribution is -2.33. The summed E-state index contributed by atoms with van der Waals surface area (Å²) in [5.41, 5.74) is 1.85. The third kappa shape index (κ3) is 4.34. The smallest absolute Gasteiger partial charge is 0.297 e. The van der Waals surface area contributed by atoms with Crippen LogP contribution in [-0.2, 0) is 36.1 Å². The van der Waals surface area contributed by atoms with Gasteiger partial charge in [-0.2, -0.15) is 13.5 Å². The Hall–Kier alpha value is -2.01. The van der Waals surface area contributed by atoms with Crippen LogP contribution in [0.1, 0.15) is 22.8 Å². The number of nitrogens with zero attached hydrogens (tertiary/aromatic N) is 3. The maximum Gasteiger partial charge on any atom is 0.297 e. The van der Waals surface area contributed by atoms with Gasteiger partial charge in [-0.1, -0.05) is 47.0 Å². The number of halogens is 2. The average Bonchev–Trinajstić information content (AvgIpc) is 3.38. The van der Waals surface area contributed by atoms with E-state index in [0.29, 0.717) is 21.2 Å². The fourth-order valence-electron chi connectivity index (χ4n) is 3.53. The first kappa shape index (κ1) is 22.2. The summed E-state index contributed by atoms with van der Waals surface area (Å²) in [6.07, 6.45) is 2.22. The van der Waals surface area contributed by atoms with Crippen molar-refractivity contribution in [2.75, 3.05) is 13.7 Å². The first-order valence-corrected chi connectivity index (χ1v) is 11.4. The third-order valence-corrected chi connectivity index (χ3v) is 6.88. The molecule has 0 bridgehead atoms. The third-order valence-electron chi connectivity index (χ3n) is 4.98. The Morgan fingerprint density at radius 2 is 2.06 bits per heavy atom. The monoisotopic (exact) mass is 483 g/mol. The molecule has 0 N–H and O–H groups in total. The molecule has 3 aromatic rings. The molecule has 0 aliphatic carbocycles. The van der Waals surface area contributed by atoms with E-state index in [9.17, 15) is 8.42 Å². The highest BCUT2D eigenvalue weighted by Gasteiger charge is 2.47. The lowest BCUT2D eigenvalue weighted by atomic mass is 10.0. The van der Waals surface area contributed by atoms with Crippen molar-refractivity contribution < 1.29 is 22.1 Å². The number of ether oxygens (including phenoxy) is 2. The Morgan fingerprint density at radius 3 is 2.74 bits per heavy atom. The van der Waals surface area contributed by atoms with Crippen LogP contribution in [-0.4, -0.2) is 36.9 Å². The van der Waals surface area contributed by atoms with Gasteiger partial charge in [0.25, 0.3) is 10.1 Å². The summed E-state index contributed by atoms with van der Waals surface area (Å²) >= 11 is 12.5. The summed E-state index contributed by atoms with van der Waals surface area (Å²) in [6, 6.07) is 9.93. The minimum Gasteiger partial charge on any atom is -0.341 e. The first-order chi connectivity index (χ1) is 14.7. The Kier molecular flexibility index (Phi) is 6.08.